The maximum atomic E-state index is 12.0. The molecule has 0 aromatic heterocycles. The Morgan fingerprint density at radius 1 is 1.42 bits per heavy atom. The molecule has 1 rings (SSSR count). The molecule has 1 aromatic rings. The number of hydrogen-bond acceptors (Lipinski definition) is 3. The number of nitrogens with two attached hydrogens (primary N) is 1. The number of halogens is 1. The first-order valence-corrected chi connectivity index (χ1v) is 7.59. The summed E-state index contributed by atoms with van der Waals surface area (Å²) in [7, 11) is 0. The van der Waals surface area contributed by atoms with Crippen LogP contribution >= 0.6 is 15.9 Å². The number of anilines is 1. The maximum absolute atomic E-state index is 12.0. The quantitative estimate of drug-likeness (QED) is 0.596. The van der Waals surface area contributed by atoms with Crippen molar-refractivity contribution in [3.05, 3.63) is 28.2 Å². The van der Waals surface area contributed by atoms with Crippen molar-refractivity contribution in [2.75, 3.05) is 12.3 Å². The van der Waals surface area contributed by atoms with Gasteiger partial charge >= 0.3 is 5.97 Å². The number of ether oxygens (including phenoxy) is 1. The van der Waals surface area contributed by atoms with E-state index in [4.69, 9.17) is 10.5 Å². The third-order valence-electron chi connectivity index (χ3n) is 3.23. The molecule has 19 heavy (non-hydrogen) atoms. The third kappa shape index (κ3) is 5.23. The minimum Gasteiger partial charge on any atom is -0.462 e. The first-order chi connectivity index (χ1) is 9.08. The van der Waals surface area contributed by atoms with Crippen LogP contribution in [-0.2, 0) is 4.74 Å². The first-order valence-electron chi connectivity index (χ1n) is 6.80. The molecule has 0 bridgehead atoms. The lowest BCUT2D eigenvalue weighted by Crippen LogP contribution is -2.15. The zero-order valence-electron chi connectivity index (χ0n) is 11.6. The molecule has 0 saturated carbocycles. The standard InChI is InChI=1S/C15H22BrNO2/c1-3-5-6-11(4-2)10-19-15(18)13-9-12(16)7-8-14(13)17/h7-9,11H,3-6,10,17H2,1-2H3. The number of nitrogen functional groups attached to an aromatic ring is 1. The largest absolute Gasteiger partial charge is 0.462 e. The van der Waals surface area contributed by atoms with Crippen LogP contribution in [0.4, 0.5) is 5.69 Å². The van der Waals surface area contributed by atoms with Gasteiger partial charge in [0.15, 0.2) is 0 Å². The predicted molar refractivity (Wildman–Crippen MR) is 82.1 cm³/mol. The molecule has 0 fully saturated rings. The summed E-state index contributed by atoms with van der Waals surface area (Å²) in [6.07, 6.45) is 4.48. The molecule has 106 valence electrons. The predicted octanol–water partition coefficient (Wildman–Crippen LogP) is 4.40. The summed E-state index contributed by atoms with van der Waals surface area (Å²) >= 11 is 3.33. The molecule has 1 aromatic carbocycles. The number of unbranched alkanes of at least 4 members (excludes halogenated alkanes) is 1. The molecule has 0 radical (unpaired) electrons. The number of carbonyl (C=O) groups excluding carboxylic acids is 1. The summed E-state index contributed by atoms with van der Waals surface area (Å²) in [5.41, 5.74) is 6.67. The number of hydrogen-bond donors (Lipinski definition) is 1. The Balaban J connectivity index is 2.56. The Bertz CT molecular complexity index is 421. The molecule has 0 amide bonds. The van der Waals surface area contributed by atoms with Gasteiger partial charge in [-0.2, -0.15) is 0 Å². The van der Waals surface area contributed by atoms with Gasteiger partial charge in [-0.05, 0) is 30.5 Å². The molecule has 0 aliphatic carbocycles. The fraction of sp³-hybridized carbons (Fsp3) is 0.533. The van der Waals surface area contributed by atoms with Crippen molar-refractivity contribution in [3.8, 4) is 0 Å². The lowest BCUT2D eigenvalue weighted by molar-refractivity contribution is 0.0429. The highest BCUT2D eigenvalue weighted by atomic mass is 79.9. The van der Waals surface area contributed by atoms with E-state index in [0.717, 1.165) is 17.3 Å². The summed E-state index contributed by atoms with van der Waals surface area (Å²) in [6, 6.07) is 5.21. The van der Waals surface area contributed by atoms with E-state index in [9.17, 15) is 4.79 Å². The smallest absolute Gasteiger partial charge is 0.340 e. The molecule has 3 nitrogen and oxygen atoms in total. The number of benzene rings is 1. The highest BCUT2D eigenvalue weighted by molar-refractivity contribution is 9.10. The summed E-state index contributed by atoms with van der Waals surface area (Å²) in [5.74, 6) is 0.103. The summed E-state index contributed by atoms with van der Waals surface area (Å²) in [4.78, 5) is 12.0. The average molecular weight is 328 g/mol. The van der Waals surface area contributed by atoms with Gasteiger partial charge in [-0.15, -0.1) is 0 Å². The van der Waals surface area contributed by atoms with Crippen LogP contribution in [0, 0.1) is 5.92 Å². The van der Waals surface area contributed by atoms with Crippen LogP contribution in [0.1, 0.15) is 49.9 Å². The van der Waals surface area contributed by atoms with E-state index in [0.29, 0.717) is 23.8 Å². The summed E-state index contributed by atoms with van der Waals surface area (Å²) in [6.45, 7) is 4.77. The number of rotatable bonds is 7. The van der Waals surface area contributed by atoms with Crippen molar-refractivity contribution in [2.24, 2.45) is 5.92 Å². The first kappa shape index (κ1) is 16.0. The van der Waals surface area contributed by atoms with Crippen LogP contribution in [0.2, 0.25) is 0 Å². The van der Waals surface area contributed by atoms with Crippen LogP contribution in [0.25, 0.3) is 0 Å². The number of esters is 1. The Labute approximate surface area is 123 Å². The fourth-order valence-electron chi connectivity index (χ4n) is 1.87. The molecule has 1 unspecified atom stereocenters. The highest BCUT2D eigenvalue weighted by Crippen LogP contribution is 2.20. The second-order valence-electron chi connectivity index (χ2n) is 4.75. The zero-order valence-corrected chi connectivity index (χ0v) is 13.2. The van der Waals surface area contributed by atoms with Gasteiger partial charge in [0.1, 0.15) is 0 Å². The molecular weight excluding hydrogens is 306 g/mol. The van der Waals surface area contributed by atoms with Crippen molar-refractivity contribution in [3.63, 3.8) is 0 Å². The van der Waals surface area contributed by atoms with Crippen LogP contribution < -0.4 is 5.73 Å². The van der Waals surface area contributed by atoms with E-state index < -0.39 is 0 Å². The van der Waals surface area contributed by atoms with E-state index in [1.54, 1.807) is 12.1 Å². The Hall–Kier alpha value is -1.03. The monoisotopic (exact) mass is 327 g/mol. The SMILES string of the molecule is CCCCC(CC)COC(=O)c1cc(Br)ccc1N. The van der Waals surface area contributed by atoms with Gasteiger partial charge < -0.3 is 10.5 Å². The second kappa shape index (κ2) is 8.20. The Kier molecular flexibility index (Phi) is 6.92. The van der Waals surface area contributed by atoms with E-state index in [1.165, 1.54) is 12.8 Å². The van der Waals surface area contributed by atoms with Crippen molar-refractivity contribution in [1.82, 2.24) is 0 Å². The van der Waals surface area contributed by atoms with E-state index in [-0.39, 0.29) is 5.97 Å². The van der Waals surface area contributed by atoms with Crippen molar-refractivity contribution >= 4 is 27.6 Å². The molecule has 0 aliphatic rings. The fourth-order valence-corrected chi connectivity index (χ4v) is 2.24. The van der Waals surface area contributed by atoms with Crippen LogP contribution in [-0.4, -0.2) is 12.6 Å². The highest BCUT2D eigenvalue weighted by Gasteiger charge is 2.14. The lowest BCUT2D eigenvalue weighted by Gasteiger charge is -2.15. The lowest BCUT2D eigenvalue weighted by atomic mass is 10.0. The van der Waals surface area contributed by atoms with Gasteiger partial charge in [-0.1, -0.05) is 49.0 Å². The zero-order chi connectivity index (χ0) is 14.3. The molecule has 0 saturated heterocycles. The van der Waals surface area contributed by atoms with E-state index >= 15 is 0 Å². The Morgan fingerprint density at radius 2 is 2.16 bits per heavy atom. The van der Waals surface area contributed by atoms with Crippen LogP contribution in [0.5, 0.6) is 0 Å². The molecule has 0 spiro atoms. The van der Waals surface area contributed by atoms with Crippen molar-refractivity contribution < 1.29 is 9.53 Å². The summed E-state index contributed by atoms with van der Waals surface area (Å²) < 4.78 is 6.20. The average Bonchev–Trinajstić information content (AvgIpc) is 2.41. The van der Waals surface area contributed by atoms with Crippen molar-refractivity contribution in [2.45, 2.75) is 39.5 Å². The summed E-state index contributed by atoms with van der Waals surface area (Å²) in [5, 5.41) is 0. The van der Waals surface area contributed by atoms with Crippen LogP contribution in [0.15, 0.2) is 22.7 Å². The maximum Gasteiger partial charge on any atom is 0.340 e. The molecule has 2 N–H and O–H groups in total. The molecule has 0 aliphatic heterocycles. The van der Waals surface area contributed by atoms with E-state index in [1.807, 2.05) is 6.07 Å². The molecule has 4 heteroatoms. The minimum absolute atomic E-state index is 0.339. The van der Waals surface area contributed by atoms with Crippen LogP contribution in [0.3, 0.4) is 0 Å². The number of carbonyl (C=O) groups is 1. The van der Waals surface area contributed by atoms with Gasteiger partial charge in [-0.3, -0.25) is 0 Å². The van der Waals surface area contributed by atoms with Gasteiger partial charge in [0.05, 0.1) is 12.2 Å². The van der Waals surface area contributed by atoms with E-state index in [2.05, 4.69) is 29.8 Å². The molecule has 0 heterocycles. The van der Waals surface area contributed by atoms with Gasteiger partial charge in [0.2, 0.25) is 0 Å². The minimum atomic E-state index is -0.339. The molecule has 1 atom stereocenters. The van der Waals surface area contributed by atoms with Gasteiger partial charge in [0.25, 0.3) is 0 Å². The second-order valence-corrected chi connectivity index (χ2v) is 5.66. The third-order valence-corrected chi connectivity index (χ3v) is 3.72. The normalized spacial score (nSPS) is 12.2. The van der Waals surface area contributed by atoms with Crippen molar-refractivity contribution in [1.29, 1.82) is 0 Å². The topological polar surface area (TPSA) is 52.3 Å². The molecular formula is C15H22BrNO2. The van der Waals surface area contributed by atoms with Gasteiger partial charge in [-0.25, -0.2) is 4.79 Å². The Morgan fingerprint density at radius 3 is 2.79 bits per heavy atom. The van der Waals surface area contributed by atoms with Gasteiger partial charge in [0, 0.05) is 10.2 Å².